The fourth-order valence-electron chi connectivity index (χ4n) is 5.76. The molecule has 3 amide bonds. The number of benzene rings is 1. The predicted octanol–water partition coefficient (Wildman–Crippen LogP) is 0.951. The van der Waals surface area contributed by atoms with Crippen LogP contribution in [-0.2, 0) is 22.7 Å². The summed E-state index contributed by atoms with van der Waals surface area (Å²) in [4.78, 5) is 38.4. The van der Waals surface area contributed by atoms with E-state index in [1.54, 1.807) is 4.90 Å². The number of imide groups is 1. The van der Waals surface area contributed by atoms with Crippen LogP contribution in [-0.4, -0.2) is 39.7 Å². The quantitative estimate of drug-likeness (QED) is 0.673. The van der Waals surface area contributed by atoms with Crippen molar-refractivity contribution in [3.63, 3.8) is 0 Å². The summed E-state index contributed by atoms with van der Waals surface area (Å²) in [6.45, 7) is 1.06. The highest BCUT2D eigenvalue weighted by molar-refractivity contribution is 6.05. The number of hydrogen-bond donors (Lipinski definition) is 3. The standard InChI is InChI=1S/C21H26N4O3/c22-20-7-2-8-21(11-20,12-20)23-9-13-3-1-4-14-10-25(19(28)17(13)14)15-5-6-16(26)24-18(15)27/h1,3-4,15,23H,2,5-12,22H2,(H,24,26,27). The van der Waals surface area contributed by atoms with Gasteiger partial charge in [0.15, 0.2) is 0 Å². The van der Waals surface area contributed by atoms with Gasteiger partial charge in [-0.2, -0.15) is 0 Å². The van der Waals surface area contributed by atoms with Gasteiger partial charge in [0.05, 0.1) is 0 Å². The summed E-state index contributed by atoms with van der Waals surface area (Å²) < 4.78 is 0. The minimum absolute atomic E-state index is 0.00226. The second kappa shape index (κ2) is 6.12. The lowest BCUT2D eigenvalue weighted by molar-refractivity contribution is -0.136. The van der Waals surface area contributed by atoms with Crippen LogP contribution in [0.25, 0.3) is 0 Å². The first kappa shape index (κ1) is 17.8. The van der Waals surface area contributed by atoms with Crippen LogP contribution < -0.4 is 16.4 Å². The molecule has 3 aliphatic carbocycles. The van der Waals surface area contributed by atoms with E-state index >= 15 is 0 Å². The maximum atomic E-state index is 13.1. The minimum atomic E-state index is -0.570. The Bertz CT molecular complexity index is 874. The SMILES string of the molecule is NC12CCCC(NCc3cccc4c3C(=O)N(C3CCC(=O)NC3=O)C4)(C1)C2. The molecule has 7 heteroatoms. The molecule has 148 valence electrons. The lowest BCUT2D eigenvalue weighted by Gasteiger charge is -2.59. The molecule has 3 saturated carbocycles. The Morgan fingerprint density at radius 3 is 2.79 bits per heavy atom. The first-order chi connectivity index (χ1) is 13.4. The molecule has 28 heavy (non-hydrogen) atoms. The molecule has 1 atom stereocenters. The molecule has 2 heterocycles. The number of hydrogen-bond acceptors (Lipinski definition) is 5. The lowest BCUT2D eigenvalue weighted by atomic mass is 9.55. The topological polar surface area (TPSA) is 105 Å². The van der Waals surface area contributed by atoms with Crippen LogP contribution in [0.2, 0.25) is 0 Å². The monoisotopic (exact) mass is 382 g/mol. The van der Waals surface area contributed by atoms with Gasteiger partial charge >= 0.3 is 0 Å². The molecular weight excluding hydrogens is 356 g/mol. The van der Waals surface area contributed by atoms with Crippen LogP contribution in [0.4, 0.5) is 0 Å². The lowest BCUT2D eigenvalue weighted by Crippen LogP contribution is -2.70. The molecule has 1 unspecified atom stereocenters. The summed E-state index contributed by atoms with van der Waals surface area (Å²) in [6.07, 6.45) is 6.07. The second-order valence-electron chi connectivity index (χ2n) is 9.05. The van der Waals surface area contributed by atoms with E-state index in [2.05, 4.69) is 10.6 Å². The third-order valence-electron chi connectivity index (χ3n) is 7.00. The summed E-state index contributed by atoms with van der Waals surface area (Å²) in [5.41, 5.74) is 9.13. The van der Waals surface area contributed by atoms with Crippen LogP contribution in [0.1, 0.15) is 66.4 Å². The molecule has 6 rings (SSSR count). The fourth-order valence-corrected chi connectivity index (χ4v) is 5.76. The summed E-state index contributed by atoms with van der Waals surface area (Å²) in [7, 11) is 0. The molecule has 0 aromatic heterocycles. The molecule has 0 spiro atoms. The first-order valence-corrected chi connectivity index (χ1v) is 10.2. The van der Waals surface area contributed by atoms with Crippen molar-refractivity contribution in [3.8, 4) is 0 Å². The highest BCUT2D eigenvalue weighted by atomic mass is 16.2. The number of nitrogens with zero attached hydrogens (tertiary/aromatic N) is 1. The zero-order valence-electron chi connectivity index (χ0n) is 15.9. The summed E-state index contributed by atoms with van der Waals surface area (Å²) >= 11 is 0. The van der Waals surface area contributed by atoms with Crippen LogP contribution in [0.3, 0.4) is 0 Å². The Labute approximate surface area is 164 Å². The number of amides is 3. The molecule has 1 aromatic rings. The minimum Gasteiger partial charge on any atom is -0.325 e. The molecule has 4 fully saturated rings. The Kier molecular flexibility index (Phi) is 3.90. The predicted molar refractivity (Wildman–Crippen MR) is 102 cm³/mol. The molecule has 1 saturated heterocycles. The number of nitrogens with two attached hydrogens (primary N) is 1. The number of fused-ring (bicyclic) bond motifs is 3. The average molecular weight is 382 g/mol. The molecule has 4 N–H and O–H groups in total. The van der Waals surface area contributed by atoms with Gasteiger partial charge in [-0.05, 0) is 49.7 Å². The van der Waals surface area contributed by atoms with E-state index in [9.17, 15) is 14.4 Å². The summed E-state index contributed by atoms with van der Waals surface area (Å²) in [5, 5.41) is 6.04. The van der Waals surface area contributed by atoms with E-state index in [0.717, 1.165) is 43.2 Å². The van der Waals surface area contributed by atoms with Crippen molar-refractivity contribution in [2.45, 2.75) is 75.2 Å². The van der Waals surface area contributed by atoms with Gasteiger partial charge in [0, 0.05) is 36.2 Å². The van der Waals surface area contributed by atoms with Crippen molar-refractivity contribution in [2.75, 3.05) is 0 Å². The highest BCUT2D eigenvalue weighted by Gasteiger charge is 2.54. The second-order valence-corrected chi connectivity index (χ2v) is 9.05. The zero-order valence-corrected chi connectivity index (χ0v) is 15.9. The van der Waals surface area contributed by atoms with E-state index in [0.29, 0.717) is 25.1 Å². The Hall–Kier alpha value is -2.25. The summed E-state index contributed by atoms with van der Waals surface area (Å²) in [6, 6.07) is 5.35. The number of rotatable bonds is 4. The van der Waals surface area contributed by atoms with E-state index in [4.69, 9.17) is 5.73 Å². The van der Waals surface area contributed by atoms with Crippen molar-refractivity contribution in [3.05, 3.63) is 34.9 Å². The zero-order chi connectivity index (χ0) is 19.5. The van der Waals surface area contributed by atoms with Gasteiger partial charge < -0.3 is 16.0 Å². The molecule has 7 nitrogen and oxygen atoms in total. The van der Waals surface area contributed by atoms with E-state index in [1.165, 1.54) is 0 Å². The fraction of sp³-hybridized carbons (Fsp3) is 0.571. The van der Waals surface area contributed by atoms with Gasteiger partial charge in [-0.15, -0.1) is 0 Å². The van der Waals surface area contributed by atoms with Crippen LogP contribution in [0.15, 0.2) is 18.2 Å². The maximum absolute atomic E-state index is 13.1. The molecule has 1 aromatic carbocycles. The van der Waals surface area contributed by atoms with Gasteiger partial charge in [-0.3, -0.25) is 19.7 Å². The molecule has 0 radical (unpaired) electrons. The first-order valence-electron chi connectivity index (χ1n) is 10.2. The summed E-state index contributed by atoms with van der Waals surface area (Å²) in [5.74, 6) is -0.740. The van der Waals surface area contributed by atoms with E-state index in [1.807, 2.05) is 18.2 Å². The largest absolute Gasteiger partial charge is 0.325 e. The third-order valence-corrected chi connectivity index (χ3v) is 7.00. The van der Waals surface area contributed by atoms with Crippen LogP contribution in [0.5, 0.6) is 0 Å². The van der Waals surface area contributed by atoms with Crippen molar-refractivity contribution in [1.29, 1.82) is 0 Å². The molecular formula is C21H26N4O3. The Balaban J connectivity index is 1.33. The highest BCUT2D eigenvalue weighted by Crippen LogP contribution is 2.50. The van der Waals surface area contributed by atoms with E-state index < -0.39 is 6.04 Å². The number of nitrogens with one attached hydrogen (secondary N) is 2. The molecule has 5 aliphatic rings. The van der Waals surface area contributed by atoms with Gasteiger partial charge in [0.2, 0.25) is 11.8 Å². The third kappa shape index (κ3) is 2.76. The Morgan fingerprint density at radius 1 is 1.21 bits per heavy atom. The average Bonchev–Trinajstić information content (AvgIpc) is 2.96. The van der Waals surface area contributed by atoms with Crippen molar-refractivity contribution in [1.82, 2.24) is 15.5 Å². The molecule has 2 aliphatic heterocycles. The van der Waals surface area contributed by atoms with Gasteiger partial charge in [0.1, 0.15) is 6.04 Å². The van der Waals surface area contributed by atoms with Crippen LogP contribution in [0, 0.1) is 0 Å². The number of carbonyl (C=O) groups excluding carboxylic acids is 3. The number of carbonyl (C=O) groups is 3. The normalized spacial score (nSPS) is 34.1. The molecule has 2 bridgehead atoms. The van der Waals surface area contributed by atoms with Crippen LogP contribution >= 0.6 is 0 Å². The maximum Gasteiger partial charge on any atom is 0.255 e. The Morgan fingerprint density at radius 2 is 2.04 bits per heavy atom. The van der Waals surface area contributed by atoms with Crippen molar-refractivity contribution >= 4 is 17.7 Å². The smallest absolute Gasteiger partial charge is 0.255 e. The van der Waals surface area contributed by atoms with Crippen molar-refractivity contribution in [2.24, 2.45) is 5.73 Å². The van der Waals surface area contributed by atoms with Crippen molar-refractivity contribution < 1.29 is 14.4 Å². The van der Waals surface area contributed by atoms with E-state index in [-0.39, 0.29) is 35.2 Å². The number of piperidine rings is 1. The van der Waals surface area contributed by atoms with Gasteiger partial charge in [-0.25, -0.2) is 0 Å². The van der Waals surface area contributed by atoms with Gasteiger partial charge in [-0.1, -0.05) is 18.2 Å². The van der Waals surface area contributed by atoms with Gasteiger partial charge in [0.25, 0.3) is 5.91 Å².